The van der Waals surface area contributed by atoms with Crippen LogP contribution in [0.5, 0.6) is 11.5 Å². The number of amides is 1. The molecule has 4 rings (SSSR count). The summed E-state index contributed by atoms with van der Waals surface area (Å²) in [5.74, 6) is 1.93. The van der Waals surface area contributed by atoms with Gasteiger partial charge in [0.1, 0.15) is 0 Å². The van der Waals surface area contributed by atoms with Gasteiger partial charge >= 0.3 is 0 Å². The first-order valence-corrected chi connectivity index (χ1v) is 10.1. The lowest BCUT2D eigenvalue weighted by molar-refractivity contribution is 0.0932. The number of aromatic amines is 1. The molecule has 156 valence electrons. The first-order chi connectivity index (χ1) is 14.7. The number of nitrogens with zero attached hydrogens (tertiary/aromatic N) is 2. The van der Waals surface area contributed by atoms with Gasteiger partial charge in [-0.15, -0.1) is 0 Å². The van der Waals surface area contributed by atoms with Gasteiger partial charge in [0.15, 0.2) is 17.3 Å². The van der Waals surface area contributed by atoms with E-state index in [4.69, 9.17) is 9.47 Å². The number of hydrogen-bond donors (Lipinski definition) is 2. The molecule has 7 nitrogen and oxygen atoms in total. The van der Waals surface area contributed by atoms with Crippen molar-refractivity contribution in [3.05, 3.63) is 60.2 Å². The van der Waals surface area contributed by atoms with E-state index in [0.29, 0.717) is 17.1 Å². The second-order valence-corrected chi connectivity index (χ2v) is 7.33. The molecule has 1 saturated heterocycles. The number of aromatic nitrogens is 2. The number of H-pyrrole nitrogens is 1. The summed E-state index contributed by atoms with van der Waals surface area (Å²) in [5.41, 5.74) is 2.64. The SMILES string of the molecule is COc1ccc(C(=O)NC2CCCN(c3cc(-c4ccccc4)[nH]n3)C2)cc1OC. The molecule has 0 bridgehead atoms. The van der Waals surface area contributed by atoms with Crippen molar-refractivity contribution in [2.45, 2.75) is 18.9 Å². The highest BCUT2D eigenvalue weighted by Gasteiger charge is 2.24. The van der Waals surface area contributed by atoms with Crippen LogP contribution in [0.15, 0.2) is 54.6 Å². The largest absolute Gasteiger partial charge is 0.493 e. The van der Waals surface area contributed by atoms with E-state index in [1.165, 1.54) is 0 Å². The highest BCUT2D eigenvalue weighted by molar-refractivity contribution is 5.95. The van der Waals surface area contributed by atoms with Crippen molar-refractivity contribution in [2.75, 3.05) is 32.2 Å². The molecule has 30 heavy (non-hydrogen) atoms. The van der Waals surface area contributed by atoms with Crippen molar-refractivity contribution in [3.8, 4) is 22.8 Å². The molecular weight excluding hydrogens is 380 g/mol. The molecule has 1 amide bonds. The van der Waals surface area contributed by atoms with Gasteiger partial charge in [0.25, 0.3) is 5.91 Å². The Morgan fingerprint density at radius 3 is 2.67 bits per heavy atom. The minimum absolute atomic E-state index is 0.0521. The van der Waals surface area contributed by atoms with Gasteiger partial charge in [-0.05, 0) is 36.6 Å². The van der Waals surface area contributed by atoms with Crippen molar-refractivity contribution in [2.24, 2.45) is 0 Å². The highest BCUT2D eigenvalue weighted by atomic mass is 16.5. The molecule has 3 aromatic rings. The van der Waals surface area contributed by atoms with Crippen molar-refractivity contribution in [1.29, 1.82) is 0 Å². The highest BCUT2D eigenvalue weighted by Crippen LogP contribution is 2.28. The molecule has 0 spiro atoms. The molecule has 1 fully saturated rings. The average Bonchev–Trinajstić information content (AvgIpc) is 3.30. The molecule has 0 aliphatic carbocycles. The van der Waals surface area contributed by atoms with E-state index in [1.807, 2.05) is 18.2 Å². The summed E-state index contributed by atoms with van der Waals surface area (Å²) in [5, 5.41) is 10.8. The number of piperidine rings is 1. The van der Waals surface area contributed by atoms with Crippen LogP contribution in [0.3, 0.4) is 0 Å². The zero-order chi connectivity index (χ0) is 20.9. The van der Waals surface area contributed by atoms with Gasteiger partial charge in [-0.25, -0.2) is 0 Å². The van der Waals surface area contributed by atoms with Crippen LogP contribution in [0.4, 0.5) is 5.82 Å². The predicted molar refractivity (Wildman–Crippen MR) is 116 cm³/mol. The van der Waals surface area contributed by atoms with Gasteiger partial charge in [0, 0.05) is 30.8 Å². The molecule has 2 N–H and O–H groups in total. The fourth-order valence-electron chi connectivity index (χ4n) is 3.79. The number of methoxy groups -OCH3 is 2. The summed E-state index contributed by atoms with van der Waals surface area (Å²) in [7, 11) is 3.14. The Hall–Kier alpha value is -3.48. The third-order valence-electron chi connectivity index (χ3n) is 5.38. The second kappa shape index (κ2) is 8.90. The Labute approximate surface area is 176 Å². The molecule has 1 unspecified atom stereocenters. The number of hydrogen-bond acceptors (Lipinski definition) is 5. The summed E-state index contributed by atoms with van der Waals surface area (Å²) in [4.78, 5) is 15.0. The number of nitrogens with one attached hydrogen (secondary N) is 2. The zero-order valence-corrected chi connectivity index (χ0v) is 17.2. The first kappa shape index (κ1) is 19.8. The van der Waals surface area contributed by atoms with E-state index in [-0.39, 0.29) is 11.9 Å². The molecule has 1 aromatic heterocycles. The molecule has 2 aromatic carbocycles. The van der Waals surface area contributed by atoms with Crippen molar-refractivity contribution < 1.29 is 14.3 Å². The number of rotatable bonds is 6. The summed E-state index contributed by atoms with van der Waals surface area (Å²) in [6.45, 7) is 1.64. The van der Waals surface area contributed by atoms with Gasteiger partial charge in [-0.1, -0.05) is 30.3 Å². The minimum atomic E-state index is -0.116. The minimum Gasteiger partial charge on any atom is -0.493 e. The van der Waals surface area contributed by atoms with Gasteiger partial charge in [0.2, 0.25) is 0 Å². The third-order valence-corrected chi connectivity index (χ3v) is 5.38. The second-order valence-electron chi connectivity index (χ2n) is 7.33. The van der Waals surface area contributed by atoms with E-state index >= 15 is 0 Å². The van der Waals surface area contributed by atoms with Crippen LogP contribution in [0.1, 0.15) is 23.2 Å². The number of carbonyl (C=O) groups excluding carboxylic acids is 1. The Bertz CT molecular complexity index is 1000. The van der Waals surface area contributed by atoms with E-state index in [2.05, 4.69) is 38.6 Å². The smallest absolute Gasteiger partial charge is 0.251 e. The van der Waals surface area contributed by atoms with Gasteiger partial charge < -0.3 is 19.7 Å². The molecule has 1 atom stereocenters. The van der Waals surface area contributed by atoms with Crippen LogP contribution >= 0.6 is 0 Å². The molecule has 0 radical (unpaired) electrons. The molecule has 0 saturated carbocycles. The first-order valence-electron chi connectivity index (χ1n) is 10.1. The standard InChI is InChI=1S/C23H26N4O3/c1-29-20-11-10-17(13-21(20)30-2)23(28)24-18-9-6-12-27(15-18)22-14-19(25-26-22)16-7-4-3-5-8-16/h3-5,7-8,10-11,13-14,18H,6,9,12,15H2,1-2H3,(H,24,28)(H,25,26). The van der Waals surface area contributed by atoms with E-state index in [1.54, 1.807) is 32.4 Å². The van der Waals surface area contributed by atoms with Crippen molar-refractivity contribution in [1.82, 2.24) is 15.5 Å². The molecule has 2 heterocycles. The van der Waals surface area contributed by atoms with Crippen LogP contribution in [0.2, 0.25) is 0 Å². The Morgan fingerprint density at radius 1 is 1.10 bits per heavy atom. The molecular formula is C23H26N4O3. The lowest BCUT2D eigenvalue weighted by atomic mass is 10.0. The Morgan fingerprint density at radius 2 is 1.90 bits per heavy atom. The summed E-state index contributed by atoms with van der Waals surface area (Å²) in [6, 6.07) is 17.4. The summed E-state index contributed by atoms with van der Waals surface area (Å²) >= 11 is 0. The summed E-state index contributed by atoms with van der Waals surface area (Å²) in [6.07, 6.45) is 1.93. The van der Waals surface area contributed by atoms with E-state index < -0.39 is 0 Å². The van der Waals surface area contributed by atoms with Crippen molar-refractivity contribution in [3.63, 3.8) is 0 Å². The maximum Gasteiger partial charge on any atom is 0.251 e. The Balaban J connectivity index is 1.42. The topological polar surface area (TPSA) is 79.5 Å². The average molecular weight is 406 g/mol. The molecule has 1 aliphatic rings. The predicted octanol–water partition coefficient (Wildman–Crippen LogP) is 3.49. The normalized spacial score (nSPS) is 16.2. The van der Waals surface area contributed by atoms with E-state index in [9.17, 15) is 4.79 Å². The summed E-state index contributed by atoms with van der Waals surface area (Å²) < 4.78 is 10.6. The van der Waals surface area contributed by atoms with Crippen LogP contribution < -0.4 is 19.7 Å². The fraction of sp³-hybridized carbons (Fsp3) is 0.304. The van der Waals surface area contributed by atoms with Gasteiger partial charge in [-0.2, -0.15) is 5.10 Å². The third kappa shape index (κ3) is 4.25. The lowest BCUT2D eigenvalue weighted by Crippen LogP contribution is -2.48. The molecule has 7 heteroatoms. The number of benzene rings is 2. The number of anilines is 1. The maximum atomic E-state index is 12.8. The van der Waals surface area contributed by atoms with Gasteiger partial charge in [0.05, 0.1) is 19.9 Å². The fourth-order valence-corrected chi connectivity index (χ4v) is 3.79. The van der Waals surface area contributed by atoms with Crippen LogP contribution in [0.25, 0.3) is 11.3 Å². The van der Waals surface area contributed by atoms with E-state index in [0.717, 1.165) is 43.0 Å². The lowest BCUT2D eigenvalue weighted by Gasteiger charge is -2.33. The van der Waals surface area contributed by atoms with Crippen LogP contribution in [0, 0.1) is 0 Å². The van der Waals surface area contributed by atoms with Crippen molar-refractivity contribution >= 4 is 11.7 Å². The molecule has 1 aliphatic heterocycles. The van der Waals surface area contributed by atoms with Crippen LogP contribution in [-0.2, 0) is 0 Å². The number of ether oxygens (including phenoxy) is 2. The Kier molecular flexibility index (Phi) is 5.88. The quantitative estimate of drug-likeness (QED) is 0.655. The van der Waals surface area contributed by atoms with Crippen LogP contribution in [-0.4, -0.2) is 49.5 Å². The number of carbonyl (C=O) groups is 1. The maximum absolute atomic E-state index is 12.8. The monoisotopic (exact) mass is 406 g/mol. The van der Waals surface area contributed by atoms with Gasteiger partial charge in [-0.3, -0.25) is 9.89 Å². The zero-order valence-electron chi connectivity index (χ0n) is 17.2.